The highest BCUT2D eigenvalue weighted by Gasteiger charge is 2.24. The lowest BCUT2D eigenvalue weighted by Crippen LogP contribution is -2.40. The summed E-state index contributed by atoms with van der Waals surface area (Å²) < 4.78 is 29.1. The SMILES string of the molecule is CC(C)=C1CCN(c2cc(I)ccc2C(=O)Nc2cccc(S(=O)(=O)NC(C)(C)C)c2)CC1. The Labute approximate surface area is 211 Å². The van der Waals surface area contributed by atoms with E-state index in [0.717, 1.165) is 35.2 Å². The summed E-state index contributed by atoms with van der Waals surface area (Å²) in [7, 11) is -3.70. The normalized spacial score (nSPS) is 14.8. The molecule has 0 saturated carbocycles. The first-order valence-corrected chi connectivity index (χ1v) is 13.6. The Morgan fingerprint density at radius 1 is 1.03 bits per heavy atom. The van der Waals surface area contributed by atoms with Crippen molar-refractivity contribution in [2.75, 3.05) is 23.3 Å². The van der Waals surface area contributed by atoms with E-state index in [-0.39, 0.29) is 10.8 Å². The molecule has 8 heteroatoms. The summed E-state index contributed by atoms with van der Waals surface area (Å²) in [4.78, 5) is 15.6. The second-order valence-corrected chi connectivity index (χ2v) is 12.5. The molecule has 1 amide bonds. The number of piperidine rings is 1. The van der Waals surface area contributed by atoms with Crippen LogP contribution >= 0.6 is 22.6 Å². The molecule has 178 valence electrons. The predicted octanol–water partition coefficient (Wildman–Crippen LogP) is 5.56. The van der Waals surface area contributed by atoms with Gasteiger partial charge in [-0.2, -0.15) is 0 Å². The minimum absolute atomic E-state index is 0.114. The van der Waals surface area contributed by atoms with Crippen LogP contribution in [0, 0.1) is 3.57 Å². The van der Waals surface area contributed by atoms with E-state index in [4.69, 9.17) is 0 Å². The first kappa shape index (κ1) is 25.7. The van der Waals surface area contributed by atoms with E-state index in [1.165, 1.54) is 23.3 Å². The van der Waals surface area contributed by atoms with Crippen molar-refractivity contribution in [1.82, 2.24) is 4.72 Å². The van der Waals surface area contributed by atoms with Crippen molar-refractivity contribution in [2.24, 2.45) is 0 Å². The third-order valence-corrected chi connectivity index (χ3v) is 7.89. The number of carbonyl (C=O) groups is 1. The maximum absolute atomic E-state index is 13.2. The van der Waals surface area contributed by atoms with Crippen LogP contribution in [0.1, 0.15) is 57.8 Å². The molecule has 6 nitrogen and oxygen atoms in total. The first-order valence-electron chi connectivity index (χ1n) is 11.0. The summed E-state index contributed by atoms with van der Waals surface area (Å²) in [6.07, 6.45) is 1.99. The maximum atomic E-state index is 13.2. The van der Waals surface area contributed by atoms with Gasteiger partial charge in [-0.25, -0.2) is 13.1 Å². The van der Waals surface area contributed by atoms with Crippen molar-refractivity contribution in [1.29, 1.82) is 0 Å². The number of hydrogen-bond acceptors (Lipinski definition) is 4. The molecule has 0 aliphatic carbocycles. The van der Waals surface area contributed by atoms with Crippen LogP contribution in [0.5, 0.6) is 0 Å². The van der Waals surface area contributed by atoms with Gasteiger partial charge in [0, 0.05) is 27.9 Å². The third-order valence-electron chi connectivity index (χ3n) is 5.46. The van der Waals surface area contributed by atoms with E-state index in [2.05, 4.69) is 51.4 Å². The van der Waals surface area contributed by atoms with E-state index in [1.807, 2.05) is 18.2 Å². The summed E-state index contributed by atoms with van der Waals surface area (Å²) >= 11 is 2.26. The lowest BCUT2D eigenvalue weighted by atomic mass is 9.98. The quantitative estimate of drug-likeness (QED) is 0.358. The number of amides is 1. The highest BCUT2D eigenvalue weighted by atomic mass is 127. The molecule has 0 bridgehead atoms. The van der Waals surface area contributed by atoms with Crippen LogP contribution in [0.4, 0.5) is 11.4 Å². The van der Waals surface area contributed by atoms with E-state index < -0.39 is 15.6 Å². The standard InChI is InChI=1S/C25H32IN3O3S/c1-17(2)18-11-13-29(14-12-18)23-15-19(26)9-10-22(23)24(30)27-20-7-6-8-21(16-20)33(31,32)28-25(3,4)5/h6-10,15-16,28H,11-14H2,1-5H3,(H,27,30). The smallest absolute Gasteiger partial charge is 0.257 e. The zero-order valence-electron chi connectivity index (χ0n) is 19.8. The van der Waals surface area contributed by atoms with Gasteiger partial charge in [-0.05, 0) is 106 Å². The van der Waals surface area contributed by atoms with Gasteiger partial charge in [0.15, 0.2) is 0 Å². The molecule has 0 aromatic heterocycles. The van der Waals surface area contributed by atoms with Gasteiger partial charge in [0.25, 0.3) is 5.91 Å². The second-order valence-electron chi connectivity index (χ2n) is 9.59. The van der Waals surface area contributed by atoms with Crippen molar-refractivity contribution in [3.8, 4) is 0 Å². The molecule has 2 aromatic rings. The van der Waals surface area contributed by atoms with Gasteiger partial charge in [0.1, 0.15) is 0 Å². The van der Waals surface area contributed by atoms with Gasteiger partial charge >= 0.3 is 0 Å². The number of carbonyl (C=O) groups excluding carboxylic acids is 1. The van der Waals surface area contributed by atoms with E-state index in [0.29, 0.717) is 11.3 Å². The Morgan fingerprint density at radius 2 is 1.70 bits per heavy atom. The molecular weight excluding hydrogens is 549 g/mol. The van der Waals surface area contributed by atoms with Crippen LogP contribution < -0.4 is 14.9 Å². The van der Waals surface area contributed by atoms with Gasteiger partial charge in [0.05, 0.1) is 16.1 Å². The van der Waals surface area contributed by atoms with Crippen molar-refractivity contribution in [2.45, 2.75) is 57.9 Å². The molecule has 1 fully saturated rings. The number of allylic oxidation sites excluding steroid dienone is 1. The fourth-order valence-electron chi connectivity index (χ4n) is 3.88. The van der Waals surface area contributed by atoms with Crippen molar-refractivity contribution in [3.63, 3.8) is 0 Å². The molecule has 1 heterocycles. The Bertz CT molecular complexity index is 1170. The lowest BCUT2D eigenvalue weighted by Gasteiger charge is -2.32. The number of benzene rings is 2. The molecule has 33 heavy (non-hydrogen) atoms. The van der Waals surface area contributed by atoms with Crippen LogP contribution in [0.3, 0.4) is 0 Å². The van der Waals surface area contributed by atoms with Gasteiger partial charge in [0.2, 0.25) is 10.0 Å². The Hall–Kier alpha value is -1.91. The number of halogens is 1. The molecule has 0 unspecified atom stereocenters. The number of hydrogen-bond donors (Lipinski definition) is 2. The molecule has 3 rings (SSSR count). The summed E-state index contributed by atoms with van der Waals surface area (Å²) in [6.45, 7) is 11.4. The van der Waals surface area contributed by atoms with Crippen LogP contribution in [0.25, 0.3) is 0 Å². The Morgan fingerprint density at radius 3 is 2.30 bits per heavy atom. The zero-order valence-corrected chi connectivity index (χ0v) is 22.8. The van der Waals surface area contributed by atoms with Crippen LogP contribution in [0.2, 0.25) is 0 Å². The van der Waals surface area contributed by atoms with Gasteiger partial charge in [-0.1, -0.05) is 17.2 Å². The minimum atomic E-state index is -3.70. The van der Waals surface area contributed by atoms with E-state index in [9.17, 15) is 13.2 Å². The number of nitrogens with zero attached hydrogens (tertiary/aromatic N) is 1. The highest BCUT2D eigenvalue weighted by molar-refractivity contribution is 14.1. The molecule has 2 aromatic carbocycles. The Balaban J connectivity index is 1.84. The monoisotopic (exact) mass is 581 g/mol. The molecular formula is C25H32IN3O3S. The fourth-order valence-corrected chi connectivity index (χ4v) is 5.82. The maximum Gasteiger partial charge on any atom is 0.257 e. The molecule has 0 radical (unpaired) electrons. The minimum Gasteiger partial charge on any atom is -0.370 e. The highest BCUT2D eigenvalue weighted by Crippen LogP contribution is 2.30. The lowest BCUT2D eigenvalue weighted by molar-refractivity contribution is 0.102. The van der Waals surface area contributed by atoms with E-state index >= 15 is 0 Å². The molecule has 1 aliphatic heterocycles. The number of nitrogens with one attached hydrogen (secondary N) is 2. The van der Waals surface area contributed by atoms with Crippen LogP contribution in [0.15, 0.2) is 58.5 Å². The molecule has 0 spiro atoms. The summed E-state index contributed by atoms with van der Waals surface area (Å²) in [5, 5.41) is 2.89. The zero-order chi connectivity index (χ0) is 24.4. The average molecular weight is 582 g/mol. The van der Waals surface area contributed by atoms with Gasteiger partial charge in [-0.15, -0.1) is 0 Å². The van der Waals surface area contributed by atoms with Crippen molar-refractivity contribution >= 4 is 49.9 Å². The Kier molecular flexibility index (Phi) is 7.91. The van der Waals surface area contributed by atoms with Crippen molar-refractivity contribution in [3.05, 3.63) is 62.7 Å². The molecule has 1 saturated heterocycles. The summed E-state index contributed by atoms with van der Waals surface area (Å²) in [5.41, 5.74) is 4.19. The number of sulfonamides is 1. The third kappa shape index (κ3) is 6.80. The van der Waals surface area contributed by atoms with Crippen LogP contribution in [-0.4, -0.2) is 33.0 Å². The fraction of sp³-hybridized carbons (Fsp3) is 0.400. The number of rotatable bonds is 5. The topological polar surface area (TPSA) is 78.5 Å². The summed E-state index contributed by atoms with van der Waals surface area (Å²) in [6, 6.07) is 12.1. The molecule has 0 atom stereocenters. The largest absolute Gasteiger partial charge is 0.370 e. The predicted molar refractivity (Wildman–Crippen MR) is 143 cm³/mol. The average Bonchev–Trinajstić information content (AvgIpc) is 2.72. The number of anilines is 2. The molecule has 1 aliphatic rings. The van der Waals surface area contributed by atoms with Crippen LogP contribution in [-0.2, 0) is 10.0 Å². The first-order chi connectivity index (χ1) is 15.4. The van der Waals surface area contributed by atoms with E-state index in [1.54, 1.807) is 32.9 Å². The van der Waals surface area contributed by atoms with Gasteiger partial charge < -0.3 is 10.2 Å². The second kappa shape index (κ2) is 10.1. The molecule has 2 N–H and O–H groups in total. The van der Waals surface area contributed by atoms with Crippen molar-refractivity contribution < 1.29 is 13.2 Å². The van der Waals surface area contributed by atoms with Gasteiger partial charge in [-0.3, -0.25) is 4.79 Å². The summed E-state index contributed by atoms with van der Waals surface area (Å²) in [5.74, 6) is -0.257.